The summed E-state index contributed by atoms with van der Waals surface area (Å²) >= 11 is 12.6. The third-order valence-electron chi connectivity index (χ3n) is 5.11. The minimum Gasteiger partial charge on any atom is -0.330 e. The standard InChI is InChI=1S/C21H28Cl2N4/c1-4-5-6-7-10-15(2)27-14-9-13-18-20(27)26(3)21(24-18)25-19-16(22)11-8-12-17(19)23/h8-9,11-12,14-15H,4-7,10,13H2,1-3H3,(H,24,25)/t15-/m0/s1. The lowest BCUT2D eigenvalue weighted by atomic mass is 10.1. The van der Waals surface area contributed by atoms with Crippen molar-refractivity contribution in [3.05, 3.63) is 46.2 Å². The van der Waals surface area contributed by atoms with Gasteiger partial charge in [-0.25, -0.2) is 4.98 Å². The van der Waals surface area contributed by atoms with Crippen LogP contribution in [0.1, 0.15) is 51.6 Å². The maximum atomic E-state index is 6.31. The predicted molar refractivity (Wildman–Crippen MR) is 116 cm³/mol. The first kappa shape index (κ1) is 20.1. The van der Waals surface area contributed by atoms with E-state index in [-0.39, 0.29) is 0 Å². The Labute approximate surface area is 172 Å². The van der Waals surface area contributed by atoms with E-state index in [2.05, 4.69) is 40.9 Å². The lowest BCUT2D eigenvalue weighted by Crippen LogP contribution is -2.31. The van der Waals surface area contributed by atoms with Gasteiger partial charge in [0.05, 0.1) is 21.4 Å². The number of imidazole rings is 1. The third-order valence-corrected chi connectivity index (χ3v) is 5.74. The van der Waals surface area contributed by atoms with Crippen molar-refractivity contribution >= 4 is 40.7 Å². The van der Waals surface area contributed by atoms with Crippen LogP contribution >= 0.6 is 23.2 Å². The Balaban J connectivity index is 1.81. The minimum atomic E-state index is 0.435. The molecule has 0 spiro atoms. The zero-order valence-electron chi connectivity index (χ0n) is 16.3. The highest BCUT2D eigenvalue weighted by Crippen LogP contribution is 2.36. The van der Waals surface area contributed by atoms with Crippen molar-refractivity contribution in [2.75, 3.05) is 10.2 Å². The van der Waals surface area contributed by atoms with Gasteiger partial charge >= 0.3 is 0 Å². The van der Waals surface area contributed by atoms with Gasteiger partial charge in [-0.05, 0) is 25.5 Å². The number of halogens is 2. The summed E-state index contributed by atoms with van der Waals surface area (Å²) in [6.07, 6.45) is 11.5. The second-order valence-corrected chi connectivity index (χ2v) is 8.00. The highest BCUT2D eigenvalue weighted by molar-refractivity contribution is 6.39. The van der Waals surface area contributed by atoms with Gasteiger partial charge in [-0.15, -0.1) is 0 Å². The van der Waals surface area contributed by atoms with Gasteiger partial charge in [0, 0.05) is 25.7 Å². The Morgan fingerprint density at radius 2 is 1.93 bits per heavy atom. The number of fused-ring (bicyclic) bond motifs is 1. The number of allylic oxidation sites excluding steroid dienone is 1. The molecular weight excluding hydrogens is 379 g/mol. The fraction of sp³-hybridized carbons (Fsp3) is 0.476. The van der Waals surface area contributed by atoms with Gasteiger partial charge in [-0.3, -0.25) is 4.57 Å². The normalized spacial score (nSPS) is 14.3. The first-order valence-corrected chi connectivity index (χ1v) is 10.5. The number of anilines is 3. The number of nitrogens with zero attached hydrogens (tertiary/aromatic N) is 3. The number of benzene rings is 1. The molecule has 146 valence electrons. The number of hydrogen-bond acceptors (Lipinski definition) is 3. The summed E-state index contributed by atoms with van der Waals surface area (Å²) in [5.74, 6) is 1.90. The molecule has 1 aliphatic rings. The Hall–Kier alpha value is -1.65. The SMILES string of the molecule is CCCCCC[C@H](C)N1C=CCc2nc(Nc3c(Cl)cccc3Cl)n(C)c21. The fourth-order valence-electron chi connectivity index (χ4n) is 3.56. The van der Waals surface area contributed by atoms with E-state index in [0.717, 1.165) is 23.9 Å². The van der Waals surface area contributed by atoms with Crippen LogP contribution in [0.3, 0.4) is 0 Å². The smallest absolute Gasteiger partial charge is 0.209 e. The molecule has 27 heavy (non-hydrogen) atoms. The van der Waals surface area contributed by atoms with Gasteiger partial charge in [0.15, 0.2) is 0 Å². The van der Waals surface area contributed by atoms with Crippen molar-refractivity contribution in [3.8, 4) is 0 Å². The molecule has 0 radical (unpaired) electrons. The molecule has 4 nitrogen and oxygen atoms in total. The van der Waals surface area contributed by atoms with Crippen LogP contribution in [0.4, 0.5) is 17.5 Å². The van der Waals surface area contributed by atoms with Crippen molar-refractivity contribution in [3.63, 3.8) is 0 Å². The monoisotopic (exact) mass is 406 g/mol. The van der Waals surface area contributed by atoms with E-state index in [1.807, 2.05) is 25.2 Å². The number of hydrogen-bond donors (Lipinski definition) is 1. The molecule has 6 heteroatoms. The van der Waals surface area contributed by atoms with Crippen LogP contribution in [0.2, 0.25) is 10.0 Å². The van der Waals surface area contributed by atoms with E-state index in [1.165, 1.54) is 32.1 Å². The predicted octanol–water partition coefficient (Wildman–Crippen LogP) is 6.71. The molecule has 1 N–H and O–H groups in total. The van der Waals surface area contributed by atoms with Crippen LogP contribution in [-0.4, -0.2) is 15.6 Å². The van der Waals surface area contributed by atoms with Crippen molar-refractivity contribution in [2.45, 2.75) is 58.4 Å². The molecule has 0 unspecified atom stereocenters. The largest absolute Gasteiger partial charge is 0.330 e. The molecular formula is C21H28Cl2N4. The molecule has 0 aliphatic carbocycles. The van der Waals surface area contributed by atoms with E-state index >= 15 is 0 Å². The van der Waals surface area contributed by atoms with Gasteiger partial charge in [-0.2, -0.15) is 0 Å². The maximum absolute atomic E-state index is 6.31. The van der Waals surface area contributed by atoms with Gasteiger partial charge in [-0.1, -0.05) is 68.0 Å². The molecule has 2 heterocycles. The molecule has 1 atom stereocenters. The van der Waals surface area contributed by atoms with Crippen LogP contribution in [0, 0.1) is 0 Å². The van der Waals surface area contributed by atoms with Crippen molar-refractivity contribution < 1.29 is 0 Å². The summed E-state index contributed by atoms with van der Waals surface area (Å²) in [6.45, 7) is 4.54. The third kappa shape index (κ3) is 4.44. The summed E-state index contributed by atoms with van der Waals surface area (Å²) in [5, 5.41) is 4.49. The van der Waals surface area contributed by atoms with Gasteiger partial charge < -0.3 is 10.2 Å². The van der Waals surface area contributed by atoms with E-state index in [4.69, 9.17) is 28.2 Å². The average molecular weight is 407 g/mol. The molecule has 0 saturated heterocycles. The molecule has 1 aliphatic heterocycles. The van der Waals surface area contributed by atoms with Gasteiger partial charge in [0.2, 0.25) is 5.95 Å². The summed E-state index contributed by atoms with van der Waals surface area (Å²) in [4.78, 5) is 7.16. The summed E-state index contributed by atoms with van der Waals surface area (Å²) in [6, 6.07) is 5.92. The Bertz CT molecular complexity index is 793. The average Bonchev–Trinajstić information content (AvgIpc) is 2.97. The Morgan fingerprint density at radius 3 is 2.63 bits per heavy atom. The summed E-state index contributed by atoms with van der Waals surface area (Å²) in [5.41, 5.74) is 1.77. The summed E-state index contributed by atoms with van der Waals surface area (Å²) in [7, 11) is 2.04. The number of aromatic nitrogens is 2. The van der Waals surface area contributed by atoms with Crippen LogP contribution in [0.25, 0.3) is 0 Å². The molecule has 0 saturated carbocycles. The van der Waals surface area contributed by atoms with Crippen molar-refractivity contribution in [2.24, 2.45) is 7.05 Å². The zero-order chi connectivity index (χ0) is 19.4. The highest BCUT2D eigenvalue weighted by atomic mass is 35.5. The Morgan fingerprint density at radius 1 is 1.19 bits per heavy atom. The molecule has 3 rings (SSSR count). The first-order valence-electron chi connectivity index (χ1n) is 9.74. The highest BCUT2D eigenvalue weighted by Gasteiger charge is 2.25. The molecule has 1 aromatic carbocycles. The van der Waals surface area contributed by atoms with Crippen LogP contribution < -0.4 is 10.2 Å². The number of unbranched alkanes of at least 4 members (excludes halogenated alkanes) is 3. The first-order chi connectivity index (χ1) is 13.0. The molecule has 1 aromatic heterocycles. The number of nitrogens with one attached hydrogen (secondary N) is 1. The van der Waals surface area contributed by atoms with Crippen molar-refractivity contribution in [1.82, 2.24) is 9.55 Å². The van der Waals surface area contributed by atoms with Gasteiger partial charge in [0.1, 0.15) is 5.82 Å². The summed E-state index contributed by atoms with van der Waals surface area (Å²) < 4.78 is 2.10. The zero-order valence-corrected chi connectivity index (χ0v) is 17.8. The van der Waals surface area contributed by atoms with E-state index in [1.54, 1.807) is 0 Å². The fourth-order valence-corrected chi connectivity index (χ4v) is 4.05. The van der Waals surface area contributed by atoms with Crippen molar-refractivity contribution in [1.29, 1.82) is 0 Å². The van der Waals surface area contributed by atoms with E-state index in [0.29, 0.717) is 21.8 Å². The molecule has 0 bridgehead atoms. The Kier molecular flexibility index (Phi) is 6.72. The van der Waals surface area contributed by atoms with Crippen LogP contribution in [0.15, 0.2) is 30.5 Å². The topological polar surface area (TPSA) is 33.1 Å². The quantitative estimate of drug-likeness (QED) is 0.494. The lowest BCUT2D eigenvalue weighted by Gasteiger charge is -2.31. The molecule has 2 aromatic rings. The van der Waals surface area contributed by atoms with Crippen LogP contribution in [-0.2, 0) is 13.5 Å². The second kappa shape index (κ2) is 9.03. The number of rotatable bonds is 8. The van der Waals surface area contributed by atoms with Gasteiger partial charge in [0.25, 0.3) is 0 Å². The number of para-hydroxylation sites is 1. The molecule has 0 amide bonds. The second-order valence-electron chi connectivity index (χ2n) is 7.18. The van der Waals surface area contributed by atoms with Crippen LogP contribution in [0.5, 0.6) is 0 Å². The van der Waals surface area contributed by atoms with E-state index in [9.17, 15) is 0 Å². The van der Waals surface area contributed by atoms with E-state index < -0.39 is 0 Å². The lowest BCUT2D eigenvalue weighted by molar-refractivity contribution is 0.557. The minimum absolute atomic E-state index is 0.435. The maximum Gasteiger partial charge on any atom is 0.209 e. The molecule has 0 fully saturated rings.